The summed E-state index contributed by atoms with van der Waals surface area (Å²) in [5, 5.41) is 2.91. The molecule has 0 saturated heterocycles. The van der Waals surface area contributed by atoms with Crippen LogP contribution in [0.5, 0.6) is 0 Å². The molecule has 156 valence electrons. The largest absolute Gasteiger partial charge is 0.353 e. The number of carbonyl (C=O) groups is 3. The lowest BCUT2D eigenvalue weighted by Crippen LogP contribution is -2.49. The minimum atomic E-state index is -0.535. The van der Waals surface area contributed by atoms with Gasteiger partial charge in [-0.25, -0.2) is 0 Å². The predicted octanol–water partition coefficient (Wildman–Crippen LogP) is 2.85. The highest BCUT2D eigenvalue weighted by Crippen LogP contribution is 2.45. The number of hydrogen-bond acceptors (Lipinski definition) is 3. The standard InChI is InChI=1S/C24H22N4O3/c1-26-13-6-7-16(26)15-25-21(29)12-14-27-22-17-8-2-3-9-18(17)24(31)28(22)20-11-5-4-10-19(20)23(27)30/h2-11,13,22H,12,14-15H2,1H3,(H,25,29). The number of amides is 3. The Kier molecular flexibility index (Phi) is 4.58. The van der Waals surface area contributed by atoms with Gasteiger partial charge < -0.3 is 14.8 Å². The number of hydrogen-bond donors (Lipinski definition) is 1. The van der Waals surface area contributed by atoms with Crippen LogP contribution in [0, 0.1) is 0 Å². The fourth-order valence-electron chi connectivity index (χ4n) is 4.38. The number of aryl methyl sites for hydroxylation is 1. The molecular formula is C24H22N4O3. The average Bonchev–Trinajstić information content (AvgIpc) is 3.33. The van der Waals surface area contributed by atoms with Gasteiger partial charge >= 0.3 is 0 Å². The van der Waals surface area contributed by atoms with Gasteiger partial charge in [-0.15, -0.1) is 0 Å². The van der Waals surface area contributed by atoms with Gasteiger partial charge in [-0.2, -0.15) is 0 Å². The molecule has 2 aliphatic rings. The van der Waals surface area contributed by atoms with Crippen LogP contribution >= 0.6 is 0 Å². The highest BCUT2D eigenvalue weighted by atomic mass is 16.2. The molecule has 1 unspecified atom stereocenters. The molecule has 1 atom stereocenters. The van der Waals surface area contributed by atoms with Crippen LogP contribution in [0.3, 0.4) is 0 Å². The second-order valence-corrected chi connectivity index (χ2v) is 7.79. The first kappa shape index (κ1) is 19.1. The summed E-state index contributed by atoms with van der Waals surface area (Å²) in [5.41, 5.74) is 3.47. The van der Waals surface area contributed by atoms with Gasteiger partial charge in [0.2, 0.25) is 5.91 Å². The number of anilines is 1. The summed E-state index contributed by atoms with van der Waals surface area (Å²) < 4.78 is 1.95. The fourth-order valence-corrected chi connectivity index (χ4v) is 4.38. The normalized spacial score (nSPS) is 16.7. The van der Waals surface area contributed by atoms with E-state index in [0.717, 1.165) is 11.3 Å². The maximum absolute atomic E-state index is 13.3. The number of nitrogens with one attached hydrogen (secondary N) is 1. The van der Waals surface area contributed by atoms with Crippen LogP contribution in [0.1, 0.15) is 44.6 Å². The van der Waals surface area contributed by atoms with Crippen molar-refractivity contribution in [3.05, 3.63) is 89.2 Å². The number of fused-ring (bicyclic) bond motifs is 5. The summed E-state index contributed by atoms with van der Waals surface area (Å²) in [6, 6.07) is 18.4. The Bertz CT molecular complexity index is 1200. The molecule has 2 aliphatic heterocycles. The maximum Gasteiger partial charge on any atom is 0.260 e. The van der Waals surface area contributed by atoms with E-state index >= 15 is 0 Å². The quantitative estimate of drug-likeness (QED) is 0.698. The summed E-state index contributed by atoms with van der Waals surface area (Å²) >= 11 is 0. The monoisotopic (exact) mass is 414 g/mol. The van der Waals surface area contributed by atoms with Gasteiger partial charge in [-0.1, -0.05) is 30.3 Å². The van der Waals surface area contributed by atoms with Gasteiger partial charge in [-0.05, 0) is 30.3 Å². The Morgan fingerprint density at radius 3 is 2.45 bits per heavy atom. The Morgan fingerprint density at radius 1 is 0.935 bits per heavy atom. The molecule has 3 aromatic rings. The number of carbonyl (C=O) groups excluding carboxylic acids is 3. The van der Waals surface area contributed by atoms with Crippen molar-refractivity contribution in [2.45, 2.75) is 19.1 Å². The van der Waals surface area contributed by atoms with Crippen molar-refractivity contribution in [2.75, 3.05) is 11.4 Å². The minimum absolute atomic E-state index is 0.126. The Labute approximate surface area is 179 Å². The van der Waals surface area contributed by atoms with E-state index in [0.29, 0.717) is 23.4 Å². The van der Waals surface area contributed by atoms with Crippen LogP contribution < -0.4 is 10.2 Å². The highest BCUT2D eigenvalue weighted by Gasteiger charge is 2.47. The minimum Gasteiger partial charge on any atom is -0.353 e. The molecule has 31 heavy (non-hydrogen) atoms. The highest BCUT2D eigenvalue weighted by molar-refractivity contribution is 6.16. The third kappa shape index (κ3) is 3.09. The van der Waals surface area contributed by atoms with Crippen LogP contribution in [-0.2, 0) is 18.4 Å². The third-order valence-electron chi connectivity index (χ3n) is 5.98. The van der Waals surface area contributed by atoms with Crippen LogP contribution in [-0.4, -0.2) is 33.7 Å². The Morgan fingerprint density at radius 2 is 1.68 bits per heavy atom. The van der Waals surface area contributed by atoms with E-state index in [1.807, 2.05) is 54.2 Å². The van der Waals surface area contributed by atoms with Crippen molar-refractivity contribution in [1.82, 2.24) is 14.8 Å². The molecule has 1 aromatic heterocycles. The Hall–Kier alpha value is -3.87. The topological polar surface area (TPSA) is 74.7 Å². The summed E-state index contributed by atoms with van der Waals surface area (Å²) in [6.07, 6.45) is 1.54. The summed E-state index contributed by atoms with van der Waals surface area (Å²) in [5.74, 6) is -0.438. The zero-order valence-electron chi connectivity index (χ0n) is 17.1. The van der Waals surface area contributed by atoms with E-state index in [2.05, 4.69) is 5.32 Å². The van der Waals surface area contributed by atoms with Crippen LogP contribution in [0.4, 0.5) is 5.69 Å². The van der Waals surface area contributed by atoms with Crippen molar-refractivity contribution in [3.8, 4) is 0 Å². The number of nitrogens with zero attached hydrogens (tertiary/aromatic N) is 3. The van der Waals surface area contributed by atoms with E-state index < -0.39 is 6.17 Å². The zero-order chi connectivity index (χ0) is 21.5. The average molecular weight is 414 g/mol. The molecule has 0 bridgehead atoms. The van der Waals surface area contributed by atoms with E-state index in [-0.39, 0.29) is 30.7 Å². The molecule has 3 amide bonds. The molecule has 0 spiro atoms. The van der Waals surface area contributed by atoms with Crippen molar-refractivity contribution in [2.24, 2.45) is 7.05 Å². The van der Waals surface area contributed by atoms with Crippen molar-refractivity contribution in [3.63, 3.8) is 0 Å². The Balaban J connectivity index is 1.40. The molecule has 5 rings (SSSR count). The number of para-hydroxylation sites is 1. The first-order chi connectivity index (χ1) is 15.1. The molecule has 0 aliphatic carbocycles. The van der Waals surface area contributed by atoms with Gasteiger partial charge in [0.15, 0.2) is 0 Å². The SMILES string of the molecule is Cn1cccc1CNC(=O)CCN1C(=O)c2ccccc2N2C(=O)c3ccccc3C12. The fraction of sp³-hybridized carbons (Fsp3) is 0.208. The van der Waals surface area contributed by atoms with Crippen LogP contribution in [0.25, 0.3) is 0 Å². The lowest BCUT2D eigenvalue weighted by molar-refractivity contribution is -0.121. The first-order valence-electron chi connectivity index (χ1n) is 10.3. The van der Waals surface area contributed by atoms with Crippen molar-refractivity contribution >= 4 is 23.4 Å². The molecule has 1 N–H and O–H groups in total. The molecule has 0 saturated carbocycles. The number of rotatable bonds is 5. The molecular weight excluding hydrogens is 392 g/mol. The lowest BCUT2D eigenvalue weighted by atomic mass is 10.0. The lowest BCUT2D eigenvalue weighted by Gasteiger charge is -2.40. The number of aromatic nitrogens is 1. The third-order valence-corrected chi connectivity index (χ3v) is 5.98. The van der Waals surface area contributed by atoms with E-state index in [1.54, 1.807) is 34.1 Å². The molecule has 7 nitrogen and oxygen atoms in total. The van der Waals surface area contributed by atoms with Gasteiger partial charge in [0.05, 0.1) is 17.8 Å². The molecule has 3 heterocycles. The van der Waals surface area contributed by atoms with Crippen LogP contribution in [0.15, 0.2) is 66.9 Å². The predicted molar refractivity (Wildman–Crippen MR) is 115 cm³/mol. The maximum atomic E-state index is 13.3. The molecule has 7 heteroatoms. The second kappa shape index (κ2) is 7.43. The first-order valence-corrected chi connectivity index (χ1v) is 10.3. The van der Waals surface area contributed by atoms with Crippen molar-refractivity contribution in [1.29, 1.82) is 0 Å². The van der Waals surface area contributed by atoms with Crippen LogP contribution in [0.2, 0.25) is 0 Å². The summed E-state index contributed by atoms with van der Waals surface area (Å²) in [4.78, 5) is 42.3. The molecule has 0 fully saturated rings. The van der Waals surface area contributed by atoms with Gasteiger partial charge in [0.1, 0.15) is 6.17 Å². The smallest absolute Gasteiger partial charge is 0.260 e. The van der Waals surface area contributed by atoms with E-state index in [1.165, 1.54) is 0 Å². The van der Waals surface area contributed by atoms with Gasteiger partial charge in [0, 0.05) is 43.0 Å². The van der Waals surface area contributed by atoms with Crippen molar-refractivity contribution < 1.29 is 14.4 Å². The summed E-state index contributed by atoms with van der Waals surface area (Å²) in [6.45, 7) is 0.644. The van der Waals surface area contributed by atoms with Gasteiger partial charge in [-0.3, -0.25) is 19.3 Å². The van der Waals surface area contributed by atoms with E-state index in [9.17, 15) is 14.4 Å². The van der Waals surface area contributed by atoms with E-state index in [4.69, 9.17) is 0 Å². The molecule has 2 aromatic carbocycles. The number of benzene rings is 2. The summed E-state index contributed by atoms with van der Waals surface area (Å²) in [7, 11) is 1.93. The second-order valence-electron chi connectivity index (χ2n) is 7.79. The van der Waals surface area contributed by atoms with Gasteiger partial charge in [0.25, 0.3) is 11.8 Å². The zero-order valence-corrected chi connectivity index (χ0v) is 17.1. The molecule has 0 radical (unpaired) electrons.